The molecule has 1 aliphatic rings. The average molecular weight is 387 g/mol. The van der Waals surface area contributed by atoms with Gasteiger partial charge in [0.1, 0.15) is 5.82 Å². The standard InChI is InChI=1S/C19H19ClN4OS/c20-14-1-2-15-16(11-14)21-6-3-17(15)26-10-9-24-8-5-13(12-24)19-22-7-4-18(25)23-19/h1-4,6-7,11,13H,5,8-10,12H2,(H,22,23,25). The van der Waals surface area contributed by atoms with Gasteiger partial charge in [0.15, 0.2) is 0 Å². The molecular weight excluding hydrogens is 368 g/mol. The molecule has 3 heterocycles. The topological polar surface area (TPSA) is 61.9 Å². The Bertz CT molecular complexity index is 977. The number of nitrogens with zero attached hydrogens (tertiary/aromatic N) is 3. The maximum atomic E-state index is 11.5. The van der Waals surface area contributed by atoms with Crippen LogP contribution in [0.4, 0.5) is 0 Å². The van der Waals surface area contributed by atoms with E-state index >= 15 is 0 Å². The van der Waals surface area contributed by atoms with Crippen molar-refractivity contribution in [3.8, 4) is 0 Å². The Hall–Kier alpha value is -1.89. The molecule has 2 aromatic heterocycles. The first-order valence-corrected chi connectivity index (χ1v) is 10.00. The van der Waals surface area contributed by atoms with E-state index in [1.54, 1.807) is 6.20 Å². The molecule has 1 atom stereocenters. The van der Waals surface area contributed by atoms with Gasteiger partial charge in [-0.05, 0) is 31.2 Å². The van der Waals surface area contributed by atoms with E-state index in [1.807, 2.05) is 36.2 Å². The molecule has 26 heavy (non-hydrogen) atoms. The lowest BCUT2D eigenvalue weighted by atomic mass is 10.1. The highest BCUT2D eigenvalue weighted by atomic mass is 35.5. The third kappa shape index (κ3) is 3.92. The number of rotatable bonds is 5. The largest absolute Gasteiger partial charge is 0.310 e. The molecule has 4 rings (SSSR count). The van der Waals surface area contributed by atoms with Gasteiger partial charge >= 0.3 is 0 Å². The number of halogens is 1. The molecular formula is C19H19ClN4OS. The number of nitrogens with one attached hydrogen (secondary N) is 1. The lowest BCUT2D eigenvalue weighted by Crippen LogP contribution is -2.24. The third-order valence-corrected chi connectivity index (χ3v) is 5.97. The fourth-order valence-corrected chi connectivity index (χ4v) is 4.58. The number of hydrogen-bond acceptors (Lipinski definition) is 5. The van der Waals surface area contributed by atoms with E-state index in [2.05, 4.69) is 25.9 Å². The first-order valence-electron chi connectivity index (χ1n) is 8.64. The summed E-state index contributed by atoms with van der Waals surface area (Å²) in [6.45, 7) is 2.99. The van der Waals surface area contributed by atoms with Gasteiger partial charge in [-0.15, -0.1) is 11.8 Å². The summed E-state index contributed by atoms with van der Waals surface area (Å²) in [6.07, 6.45) is 4.46. The van der Waals surface area contributed by atoms with E-state index < -0.39 is 0 Å². The van der Waals surface area contributed by atoms with Crippen molar-refractivity contribution in [1.29, 1.82) is 0 Å². The molecule has 1 saturated heterocycles. The molecule has 0 saturated carbocycles. The number of aromatic amines is 1. The summed E-state index contributed by atoms with van der Waals surface area (Å²) in [5, 5.41) is 1.86. The summed E-state index contributed by atoms with van der Waals surface area (Å²) in [5.41, 5.74) is 0.858. The Balaban J connectivity index is 1.35. The number of thioether (sulfide) groups is 1. The van der Waals surface area contributed by atoms with Crippen LogP contribution in [0.5, 0.6) is 0 Å². The van der Waals surface area contributed by atoms with Crippen LogP contribution in [0.25, 0.3) is 10.9 Å². The zero-order valence-corrected chi connectivity index (χ0v) is 15.8. The second-order valence-corrected chi connectivity index (χ2v) is 8.00. The van der Waals surface area contributed by atoms with Crippen LogP contribution in [0.1, 0.15) is 18.2 Å². The van der Waals surface area contributed by atoms with Gasteiger partial charge in [0.2, 0.25) is 0 Å². The predicted octanol–water partition coefficient (Wildman–Crippen LogP) is 3.55. The smallest absolute Gasteiger partial charge is 0.250 e. The second kappa shape index (κ2) is 7.78. The molecule has 7 heteroatoms. The minimum atomic E-state index is -0.0753. The molecule has 5 nitrogen and oxygen atoms in total. The molecule has 1 unspecified atom stereocenters. The zero-order valence-electron chi connectivity index (χ0n) is 14.2. The van der Waals surface area contributed by atoms with E-state index in [4.69, 9.17) is 11.6 Å². The third-order valence-electron chi connectivity index (χ3n) is 4.68. The molecule has 0 radical (unpaired) electrons. The van der Waals surface area contributed by atoms with Gasteiger partial charge in [0, 0.05) is 58.5 Å². The van der Waals surface area contributed by atoms with Crippen molar-refractivity contribution in [1.82, 2.24) is 19.9 Å². The maximum absolute atomic E-state index is 11.5. The van der Waals surface area contributed by atoms with Gasteiger partial charge in [0.25, 0.3) is 5.56 Å². The molecule has 0 aliphatic carbocycles. The van der Waals surface area contributed by atoms with E-state index in [0.29, 0.717) is 10.9 Å². The Morgan fingerprint density at radius 2 is 2.12 bits per heavy atom. The summed E-state index contributed by atoms with van der Waals surface area (Å²) in [6, 6.07) is 9.37. The number of likely N-dealkylation sites (tertiary alicyclic amines) is 1. The summed E-state index contributed by atoms with van der Waals surface area (Å²) in [7, 11) is 0. The summed E-state index contributed by atoms with van der Waals surface area (Å²) < 4.78 is 0. The highest BCUT2D eigenvalue weighted by molar-refractivity contribution is 7.99. The van der Waals surface area contributed by atoms with Crippen molar-refractivity contribution in [2.24, 2.45) is 0 Å². The monoisotopic (exact) mass is 386 g/mol. The van der Waals surface area contributed by atoms with Gasteiger partial charge < -0.3 is 9.88 Å². The minimum Gasteiger partial charge on any atom is -0.310 e. The molecule has 0 spiro atoms. The van der Waals surface area contributed by atoms with Crippen LogP contribution in [0.3, 0.4) is 0 Å². The zero-order chi connectivity index (χ0) is 17.9. The Labute approximate surface area is 160 Å². The average Bonchev–Trinajstić information content (AvgIpc) is 3.10. The number of pyridine rings is 1. The maximum Gasteiger partial charge on any atom is 0.250 e. The van der Waals surface area contributed by atoms with Crippen LogP contribution in [0, 0.1) is 0 Å². The van der Waals surface area contributed by atoms with Crippen molar-refractivity contribution < 1.29 is 0 Å². The lowest BCUT2D eigenvalue weighted by molar-refractivity contribution is 0.355. The molecule has 3 aromatic rings. The number of hydrogen-bond donors (Lipinski definition) is 1. The van der Waals surface area contributed by atoms with Crippen LogP contribution >= 0.6 is 23.4 Å². The summed E-state index contributed by atoms with van der Waals surface area (Å²) in [4.78, 5) is 26.7. The van der Waals surface area contributed by atoms with Crippen LogP contribution < -0.4 is 5.56 Å². The molecule has 1 aliphatic heterocycles. The predicted molar refractivity (Wildman–Crippen MR) is 106 cm³/mol. The number of fused-ring (bicyclic) bond motifs is 1. The first-order chi connectivity index (χ1) is 12.7. The highest BCUT2D eigenvalue weighted by Gasteiger charge is 2.25. The van der Waals surface area contributed by atoms with Crippen molar-refractivity contribution in [3.63, 3.8) is 0 Å². The Kier molecular flexibility index (Phi) is 5.24. The van der Waals surface area contributed by atoms with E-state index in [9.17, 15) is 4.79 Å². The van der Waals surface area contributed by atoms with Gasteiger partial charge in [0.05, 0.1) is 5.52 Å². The number of aromatic nitrogens is 3. The Morgan fingerprint density at radius 1 is 1.23 bits per heavy atom. The van der Waals surface area contributed by atoms with Crippen molar-refractivity contribution in [2.45, 2.75) is 17.2 Å². The Morgan fingerprint density at radius 3 is 3.00 bits per heavy atom. The fraction of sp³-hybridized carbons (Fsp3) is 0.316. The molecule has 1 N–H and O–H groups in total. The van der Waals surface area contributed by atoms with Crippen LogP contribution in [0.15, 0.2) is 52.4 Å². The van der Waals surface area contributed by atoms with Crippen LogP contribution in [-0.2, 0) is 0 Å². The van der Waals surface area contributed by atoms with Crippen molar-refractivity contribution in [2.75, 3.05) is 25.4 Å². The highest BCUT2D eigenvalue weighted by Crippen LogP contribution is 2.29. The summed E-state index contributed by atoms with van der Waals surface area (Å²) >= 11 is 7.90. The second-order valence-electron chi connectivity index (χ2n) is 6.42. The molecule has 1 fully saturated rings. The van der Waals surface area contributed by atoms with Gasteiger partial charge in [-0.25, -0.2) is 4.98 Å². The summed E-state index contributed by atoms with van der Waals surface area (Å²) in [5.74, 6) is 2.13. The first kappa shape index (κ1) is 17.5. The van der Waals surface area contributed by atoms with Crippen molar-refractivity contribution in [3.05, 3.63) is 63.9 Å². The SMILES string of the molecule is O=c1ccnc(C2CCN(CCSc3ccnc4cc(Cl)ccc34)C2)[nH]1. The molecule has 1 aromatic carbocycles. The molecule has 0 bridgehead atoms. The normalized spacial score (nSPS) is 17.8. The van der Waals surface area contributed by atoms with E-state index in [1.165, 1.54) is 11.0 Å². The van der Waals surface area contributed by atoms with Gasteiger partial charge in [-0.2, -0.15) is 0 Å². The van der Waals surface area contributed by atoms with Gasteiger partial charge in [-0.1, -0.05) is 17.7 Å². The van der Waals surface area contributed by atoms with Gasteiger partial charge in [-0.3, -0.25) is 9.78 Å². The molecule has 134 valence electrons. The fourth-order valence-electron chi connectivity index (χ4n) is 3.36. The molecule has 0 amide bonds. The van der Waals surface area contributed by atoms with E-state index in [-0.39, 0.29) is 5.56 Å². The van der Waals surface area contributed by atoms with E-state index in [0.717, 1.165) is 48.5 Å². The van der Waals surface area contributed by atoms with Crippen LogP contribution in [-0.4, -0.2) is 45.2 Å². The number of H-pyrrole nitrogens is 1. The minimum absolute atomic E-state index is 0.0753. The number of benzene rings is 1. The van der Waals surface area contributed by atoms with Crippen LogP contribution in [0.2, 0.25) is 5.02 Å². The lowest BCUT2D eigenvalue weighted by Gasteiger charge is -2.15. The quantitative estimate of drug-likeness (QED) is 0.679. The van der Waals surface area contributed by atoms with Crippen molar-refractivity contribution >= 4 is 34.3 Å².